The molecule has 1 rings (SSSR count). The average Bonchev–Trinajstić information content (AvgIpc) is 2.78. The number of rotatable bonds is 5. The Bertz CT molecular complexity index is 239. The number of hydrogen-bond acceptors (Lipinski definition) is 4. The molecule has 1 unspecified atom stereocenters. The van der Waals surface area contributed by atoms with E-state index >= 15 is 0 Å². The quantitative estimate of drug-likeness (QED) is 0.513. The van der Waals surface area contributed by atoms with Crippen LogP contribution >= 0.6 is 0 Å². The lowest BCUT2D eigenvalue weighted by molar-refractivity contribution is -0.139. The van der Waals surface area contributed by atoms with Crippen molar-refractivity contribution < 1.29 is 14.3 Å². The molecule has 1 aliphatic rings. The fourth-order valence-electron chi connectivity index (χ4n) is 1.56. The van der Waals surface area contributed by atoms with Crippen LogP contribution < -0.4 is 16.4 Å². The van der Waals surface area contributed by atoms with E-state index in [-0.39, 0.29) is 6.10 Å². The van der Waals surface area contributed by atoms with E-state index in [1.54, 1.807) is 0 Å². The molecule has 0 spiro atoms. The summed E-state index contributed by atoms with van der Waals surface area (Å²) in [6.07, 6.45) is 3.10. The number of carbonyl (C=O) groups is 2. The van der Waals surface area contributed by atoms with Crippen LogP contribution in [0.2, 0.25) is 0 Å². The van der Waals surface area contributed by atoms with Gasteiger partial charge in [0.2, 0.25) is 0 Å². The zero-order valence-corrected chi connectivity index (χ0v) is 9.33. The van der Waals surface area contributed by atoms with Crippen molar-refractivity contribution in [1.82, 2.24) is 10.6 Å². The second-order valence-corrected chi connectivity index (χ2v) is 3.72. The second-order valence-electron chi connectivity index (χ2n) is 3.72. The zero-order chi connectivity index (χ0) is 11.8. The molecule has 1 heterocycles. The Morgan fingerprint density at radius 2 is 1.94 bits per heavy atom. The first-order valence-electron chi connectivity index (χ1n) is 5.61. The van der Waals surface area contributed by atoms with E-state index < -0.39 is 11.8 Å². The molecule has 1 atom stereocenters. The Morgan fingerprint density at radius 3 is 2.50 bits per heavy atom. The number of nitrogens with one attached hydrogen (secondary N) is 2. The summed E-state index contributed by atoms with van der Waals surface area (Å²) >= 11 is 0. The van der Waals surface area contributed by atoms with Gasteiger partial charge in [-0.2, -0.15) is 0 Å². The third-order valence-electron chi connectivity index (χ3n) is 2.41. The van der Waals surface area contributed by atoms with Gasteiger partial charge in [-0.1, -0.05) is 0 Å². The second kappa shape index (κ2) is 7.19. The van der Waals surface area contributed by atoms with E-state index in [4.69, 9.17) is 10.5 Å². The maximum Gasteiger partial charge on any atom is 0.309 e. The topological polar surface area (TPSA) is 93.5 Å². The smallest absolute Gasteiger partial charge is 0.309 e. The highest BCUT2D eigenvalue weighted by molar-refractivity contribution is 6.35. The molecular formula is C10H19N3O3. The van der Waals surface area contributed by atoms with E-state index in [0.717, 1.165) is 25.9 Å². The molecule has 0 radical (unpaired) electrons. The van der Waals surface area contributed by atoms with Crippen molar-refractivity contribution in [2.45, 2.75) is 25.4 Å². The fourth-order valence-corrected chi connectivity index (χ4v) is 1.56. The Labute approximate surface area is 94.9 Å². The van der Waals surface area contributed by atoms with Crippen molar-refractivity contribution in [1.29, 1.82) is 0 Å². The largest absolute Gasteiger partial charge is 0.378 e. The minimum Gasteiger partial charge on any atom is -0.378 e. The summed E-state index contributed by atoms with van der Waals surface area (Å²) in [5.41, 5.74) is 5.20. The van der Waals surface area contributed by atoms with Gasteiger partial charge in [-0.25, -0.2) is 0 Å². The van der Waals surface area contributed by atoms with Crippen LogP contribution in [0, 0.1) is 0 Å². The monoisotopic (exact) mass is 229 g/mol. The van der Waals surface area contributed by atoms with Crippen LogP contribution in [-0.4, -0.2) is 44.2 Å². The molecule has 1 saturated heterocycles. The van der Waals surface area contributed by atoms with Gasteiger partial charge in [0, 0.05) is 26.2 Å². The van der Waals surface area contributed by atoms with Crippen molar-refractivity contribution in [2.75, 3.05) is 26.2 Å². The van der Waals surface area contributed by atoms with Gasteiger partial charge in [-0.05, 0) is 19.3 Å². The number of nitrogens with two attached hydrogens (primary N) is 1. The summed E-state index contributed by atoms with van der Waals surface area (Å²) in [5, 5.41) is 4.95. The maximum absolute atomic E-state index is 11.2. The first-order chi connectivity index (χ1) is 7.74. The van der Waals surface area contributed by atoms with Gasteiger partial charge in [0.05, 0.1) is 6.10 Å². The highest BCUT2D eigenvalue weighted by Gasteiger charge is 2.16. The van der Waals surface area contributed by atoms with Crippen LogP contribution in [0.4, 0.5) is 0 Å². The predicted octanol–water partition coefficient (Wildman–Crippen LogP) is -1.25. The Kier molecular flexibility index (Phi) is 5.81. The number of ether oxygens (including phenoxy) is 1. The molecule has 0 aromatic rings. The minimum absolute atomic E-state index is 0.229. The average molecular weight is 229 g/mol. The van der Waals surface area contributed by atoms with Gasteiger partial charge in [-0.3, -0.25) is 9.59 Å². The Morgan fingerprint density at radius 1 is 1.25 bits per heavy atom. The first-order valence-corrected chi connectivity index (χ1v) is 5.61. The van der Waals surface area contributed by atoms with E-state index in [9.17, 15) is 9.59 Å². The third-order valence-corrected chi connectivity index (χ3v) is 2.41. The lowest BCUT2D eigenvalue weighted by Gasteiger charge is -2.09. The predicted molar refractivity (Wildman–Crippen MR) is 58.7 cm³/mol. The van der Waals surface area contributed by atoms with Gasteiger partial charge < -0.3 is 21.1 Å². The van der Waals surface area contributed by atoms with Crippen LogP contribution in [-0.2, 0) is 14.3 Å². The van der Waals surface area contributed by atoms with Crippen LogP contribution in [0.1, 0.15) is 19.3 Å². The van der Waals surface area contributed by atoms with Crippen LogP contribution in [0.3, 0.4) is 0 Å². The molecule has 0 aliphatic carbocycles. The van der Waals surface area contributed by atoms with Gasteiger partial charge in [0.25, 0.3) is 0 Å². The van der Waals surface area contributed by atoms with E-state index in [0.29, 0.717) is 19.6 Å². The summed E-state index contributed by atoms with van der Waals surface area (Å²) in [6.45, 7) is 1.92. The first kappa shape index (κ1) is 12.9. The van der Waals surface area contributed by atoms with Crippen LogP contribution in [0.15, 0.2) is 0 Å². The van der Waals surface area contributed by atoms with Gasteiger partial charge in [0.15, 0.2) is 0 Å². The highest BCUT2D eigenvalue weighted by atomic mass is 16.5. The third kappa shape index (κ3) is 4.59. The molecule has 1 fully saturated rings. The summed E-state index contributed by atoms with van der Waals surface area (Å²) < 4.78 is 5.39. The molecule has 16 heavy (non-hydrogen) atoms. The molecular weight excluding hydrogens is 210 g/mol. The molecule has 0 bridgehead atoms. The normalized spacial score (nSPS) is 19.4. The lowest BCUT2D eigenvalue weighted by atomic mass is 10.2. The van der Waals surface area contributed by atoms with Crippen molar-refractivity contribution in [3.8, 4) is 0 Å². The van der Waals surface area contributed by atoms with Crippen LogP contribution in [0.5, 0.6) is 0 Å². The summed E-state index contributed by atoms with van der Waals surface area (Å²) in [4.78, 5) is 22.3. The highest BCUT2D eigenvalue weighted by Crippen LogP contribution is 2.14. The van der Waals surface area contributed by atoms with E-state index in [2.05, 4.69) is 10.6 Å². The number of hydrogen-bond donors (Lipinski definition) is 3. The van der Waals surface area contributed by atoms with Gasteiger partial charge in [-0.15, -0.1) is 0 Å². The molecule has 0 aromatic carbocycles. The molecule has 6 heteroatoms. The molecule has 2 amide bonds. The zero-order valence-electron chi connectivity index (χ0n) is 9.33. The molecule has 0 saturated carbocycles. The SMILES string of the molecule is NCCNC(=O)C(=O)NCCC1CCCO1. The number of amides is 2. The molecule has 1 aliphatic heterocycles. The standard InChI is InChI=1S/C10H19N3O3/c11-4-6-13-10(15)9(14)12-5-3-8-2-1-7-16-8/h8H,1-7,11H2,(H,12,14)(H,13,15). The molecule has 92 valence electrons. The Hall–Kier alpha value is -1.14. The summed E-state index contributed by atoms with van der Waals surface area (Å²) in [5.74, 6) is -1.23. The van der Waals surface area contributed by atoms with E-state index in [1.165, 1.54) is 0 Å². The van der Waals surface area contributed by atoms with Gasteiger partial charge in [0.1, 0.15) is 0 Å². The van der Waals surface area contributed by atoms with E-state index in [1.807, 2.05) is 0 Å². The molecule has 0 aromatic heterocycles. The Balaban J connectivity index is 2.06. The minimum atomic E-state index is -0.627. The lowest BCUT2D eigenvalue weighted by Crippen LogP contribution is -2.42. The maximum atomic E-state index is 11.2. The molecule has 4 N–H and O–H groups in total. The molecule has 6 nitrogen and oxygen atoms in total. The van der Waals surface area contributed by atoms with Gasteiger partial charge >= 0.3 is 11.8 Å². The van der Waals surface area contributed by atoms with Crippen molar-refractivity contribution in [3.63, 3.8) is 0 Å². The van der Waals surface area contributed by atoms with Crippen molar-refractivity contribution >= 4 is 11.8 Å². The summed E-state index contributed by atoms with van der Waals surface area (Å²) in [7, 11) is 0. The van der Waals surface area contributed by atoms with Crippen molar-refractivity contribution in [2.24, 2.45) is 5.73 Å². The van der Waals surface area contributed by atoms with Crippen molar-refractivity contribution in [3.05, 3.63) is 0 Å². The summed E-state index contributed by atoms with van der Waals surface area (Å²) in [6, 6.07) is 0. The van der Waals surface area contributed by atoms with Crippen LogP contribution in [0.25, 0.3) is 0 Å². The number of carbonyl (C=O) groups excluding carboxylic acids is 2. The fraction of sp³-hybridized carbons (Fsp3) is 0.800.